The normalized spacial score (nSPS) is 7.50. The van der Waals surface area contributed by atoms with E-state index < -0.39 is 0 Å². The van der Waals surface area contributed by atoms with Crippen LogP contribution in [0, 0.1) is 0 Å². The van der Waals surface area contributed by atoms with Gasteiger partial charge in [0.05, 0.1) is 0 Å². The first-order valence-corrected chi connectivity index (χ1v) is 1.89. The van der Waals surface area contributed by atoms with Gasteiger partial charge in [0, 0.05) is 12.3 Å². The van der Waals surface area contributed by atoms with Crippen molar-refractivity contribution in [2.75, 3.05) is 0 Å². The van der Waals surface area contributed by atoms with Gasteiger partial charge >= 0.3 is 37.7 Å². The molecule has 0 aromatic carbocycles. The van der Waals surface area contributed by atoms with Crippen LogP contribution >= 0.6 is 0 Å². The van der Waals surface area contributed by atoms with Gasteiger partial charge in [0.25, 0.3) is 5.56 Å². The molecule has 0 atom stereocenters. The topological polar surface area (TPSA) is 45.8 Å². The molecule has 40 valence electrons. The summed E-state index contributed by atoms with van der Waals surface area (Å²) in [7, 11) is 0. The molecule has 0 radical (unpaired) electrons. The Morgan fingerprint density at radius 1 is 1.75 bits per heavy atom. The van der Waals surface area contributed by atoms with E-state index >= 15 is 0 Å². The Morgan fingerprint density at radius 2 is 2.50 bits per heavy atom. The van der Waals surface area contributed by atoms with Gasteiger partial charge in [-0.2, -0.15) is 5.10 Å². The summed E-state index contributed by atoms with van der Waals surface area (Å²) in [4.78, 5) is 10.2. The molecule has 0 unspecified atom stereocenters. The molecular formula is C4H6CaN2O. The predicted octanol–water partition coefficient (Wildman–Crippen LogP) is -0.386. The summed E-state index contributed by atoms with van der Waals surface area (Å²) in [5.74, 6) is 0. The summed E-state index contributed by atoms with van der Waals surface area (Å²) < 4.78 is 0. The van der Waals surface area contributed by atoms with Crippen LogP contribution in [-0.2, 0) is 0 Å². The molecule has 0 aliphatic heterocycles. The van der Waals surface area contributed by atoms with E-state index in [1.165, 1.54) is 12.3 Å². The molecule has 1 rings (SSSR count). The molecule has 0 aliphatic rings. The van der Waals surface area contributed by atoms with Crippen molar-refractivity contribution >= 4 is 37.7 Å². The quantitative estimate of drug-likeness (QED) is 0.496. The van der Waals surface area contributed by atoms with Crippen LogP contribution in [0.3, 0.4) is 0 Å². The Morgan fingerprint density at radius 3 is 2.75 bits per heavy atom. The second-order valence-electron chi connectivity index (χ2n) is 1.11. The number of nitrogens with zero attached hydrogens (tertiary/aromatic N) is 1. The van der Waals surface area contributed by atoms with Crippen molar-refractivity contribution < 1.29 is 2.85 Å². The van der Waals surface area contributed by atoms with Gasteiger partial charge in [0.15, 0.2) is 0 Å². The van der Waals surface area contributed by atoms with Crippen LogP contribution < -0.4 is 5.56 Å². The molecule has 0 aliphatic carbocycles. The molecule has 0 saturated heterocycles. The van der Waals surface area contributed by atoms with Gasteiger partial charge in [-0.15, -0.1) is 0 Å². The number of aromatic nitrogens is 2. The number of hydrogen-bond acceptors (Lipinski definition) is 2. The maximum Gasteiger partial charge on any atom is 2.00 e. The van der Waals surface area contributed by atoms with Crippen LogP contribution in [0.15, 0.2) is 23.1 Å². The molecule has 0 fully saturated rings. The van der Waals surface area contributed by atoms with Crippen molar-refractivity contribution in [3.05, 3.63) is 28.7 Å². The number of rotatable bonds is 0. The average molecular weight is 138 g/mol. The second kappa shape index (κ2) is 4.06. The van der Waals surface area contributed by atoms with Crippen LogP contribution in [-0.4, -0.2) is 47.9 Å². The molecule has 3 nitrogen and oxygen atoms in total. The van der Waals surface area contributed by atoms with Crippen LogP contribution in [0.2, 0.25) is 0 Å². The van der Waals surface area contributed by atoms with E-state index in [1.54, 1.807) is 6.07 Å². The van der Waals surface area contributed by atoms with E-state index in [1.807, 2.05) is 0 Å². The van der Waals surface area contributed by atoms with Gasteiger partial charge in [-0.3, -0.25) is 4.79 Å². The van der Waals surface area contributed by atoms with Gasteiger partial charge in [0.2, 0.25) is 0 Å². The van der Waals surface area contributed by atoms with Crippen LogP contribution in [0.25, 0.3) is 0 Å². The molecule has 0 saturated carbocycles. The smallest absolute Gasteiger partial charge is 1.00 e. The maximum absolute atomic E-state index is 10.2. The fourth-order valence-corrected chi connectivity index (χ4v) is 0.312. The van der Waals surface area contributed by atoms with Crippen molar-refractivity contribution in [2.45, 2.75) is 0 Å². The number of hydrogen-bond donors (Lipinski definition) is 1. The standard InChI is InChI=1S/C4H4N2O.Ca.2H/c7-4-2-1-3-5-6-4;;;/h1-3H,(H,6,7);;;/q;+2;2*-1. The molecule has 8 heavy (non-hydrogen) atoms. The summed E-state index contributed by atoms with van der Waals surface area (Å²) in [6.45, 7) is 0. The van der Waals surface area contributed by atoms with Gasteiger partial charge in [-0.25, -0.2) is 5.10 Å². The van der Waals surface area contributed by atoms with E-state index in [9.17, 15) is 4.79 Å². The Kier molecular flexibility index (Phi) is 4.13. The zero-order chi connectivity index (χ0) is 5.11. The summed E-state index contributed by atoms with van der Waals surface area (Å²) in [6, 6.07) is 2.99. The summed E-state index contributed by atoms with van der Waals surface area (Å²) in [6.07, 6.45) is 1.52. The number of aromatic amines is 1. The zero-order valence-corrected chi connectivity index (χ0v) is 6.50. The fourth-order valence-electron chi connectivity index (χ4n) is 0.312. The molecule has 1 N–H and O–H groups in total. The van der Waals surface area contributed by atoms with Crippen LogP contribution in [0.5, 0.6) is 0 Å². The Bertz CT molecular complexity index is 187. The first-order chi connectivity index (χ1) is 3.39. The fraction of sp³-hybridized carbons (Fsp3) is 0. The maximum atomic E-state index is 10.2. The predicted molar refractivity (Wildman–Crippen MR) is 32.8 cm³/mol. The van der Waals surface area contributed by atoms with Crippen LogP contribution in [0.1, 0.15) is 2.85 Å². The van der Waals surface area contributed by atoms with Crippen molar-refractivity contribution in [1.82, 2.24) is 10.2 Å². The summed E-state index contributed by atoms with van der Waals surface area (Å²) in [5, 5.41) is 5.67. The SMILES string of the molecule is O=c1cccn[nH]1.[Ca+2].[H-].[H-]. The number of nitrogens with one attached hydrogen (secondary N) is 1. The van der Waals surface area contributed by atoms with E-state index in [0.717, 1.165) is 0 Å². The first kappa shape index (κ1) is 8.14. The van der Waals surface area contributed by atoms with Crippen molar-refractivity contribution in [3.8, 4) is 0 Å². The third-order valence-electron chi connectivity index (χ3n) is 0.583. The molecule has 1 aromatic heterocycles. The van der Waals surface area contributed by atoms with Gasteiger partial charge in [-0.05, 0) is 6.07 Å². The van der Waals surface area contributed by atoms with E-state index in [-0.39, 0.29) is 46.2 Å². The summed E-state index contributed by atoms with van der Waals surface area (Å²) >= 11 is 0. The Balaban J connectivity index is -0.000000163. The molecule has 1 heterocycles. The Hall–Kier alpha value is 0.140. The molecule has 4 heteroatoms. The van der Waals surface area contributed by atoms with Gasteiger partial charge in [-0.1, -0.05) is 0 Å². The third-order valence-corrected chi connectivity index (χ3v) is 0.583. The van der Waals surface area contributed by atoms with Crippen molar-refractivity contribution in [2.24, 2.45) is 0 Å². The van der Waals surface area contributed by atoms with E-state index in [4.69, 9.17) is 0 Å². The van der Waals surface area contributed by atoms with Crippen molar-refractivity contribution in [1.29, 1.82) is 0 Å². The minimum atomic E-state index is -0.164. The van der Waals surface area contributed by atoms with Gasteiger partial charge < -0.3 is 2.85 Å². The molecule has 0 spiro atoms. The zero-order valence-electron chi connectivity index (χ0n) is 6.29. The van der Waals surface area contributed by atoms with E-state index in [2.05, 4.69) is 10.2 Å². The van der Waals surface area contributed by atoms with Crippen molar-refractivity contribution in [3.63, 3.8) is 0 Å². The molecule has 0 bridgehead atoms. The molecular weight excluding hydrogens is 132 g/mol. The van der Waals surface area contributed by atoms with Crippen LogP contribution in [0.4, 0.5) is 0 Å². The Labute approximate surface area is 79.1 Å². The number of H-pyrrole nitrogens is 1. The largest absolute Gasteiger partial charge is 2.00 e. The molecule has 0 amide bonds. The second-order valence-corrected chi connectivity index (χ2v) is 1.11. The van der Waals surface area contributed by atoms with Gasteiger partial charge in [0.1, 0.15) is 0 Å². The van der Waals surface area contributed by atoms with E-state index in [0.29, 0.717) is 0 Å². The molecule has 1 aromatic rings. The average Bonchev–Trinajstić information content (AvgIpc) is 1.69. The minimum Gasteiger partial charge on any atom is -1.00 e. The first-order valence-electron chi connectivity index (χ1n) is 1.89. The summed E-state index contributed by atoms with van der Waals surface area (Å²) in [5.41, 5.74) is -0.164. The minimum absolute atomic E-state index is 0. The monoisotopic (exact) mass is 138 g/mol. The third kappa shape index (κ3) is 2.45.